The molecule has 2 heterocycles. The monoisotopic (exact) mass is 422 g/mol. The number of nitrogens with zero attached hydrogens (tertiary/aromatic N) is 2. The van der Waals surface area contributed by atoms with Crippen LogP contribution in [0.4, 0.5) is 0 Å². The van der Waals surface area contributed by atoms with Crippen molar-refractivity contribution in [1.29, 1.82) is 0 Å². The Morgan fingerprint density at radius 2 is 1.85 bits per heavy atom. The fraction of sp³-hybridized carbons (Fsp3) is 0.143. The minimum absolute atomic E-state index is 0.620. The normalized spacial score (nSPS) is 11.0. The number of imidazole rings is 1. The molecule has 27 heavy (non-hydrogen) atoms. The van der Waals surface area contributed by atoms with Gasteiger partial charge in [-0.2, -0.15) is 0 Å². The largest absolute Gasteiger partial charge is 0.492 e. The number of benzene rings is 2. The van der Waals surface area contributed by atoms with Crippen LogP contribution in [0, 0.1) is 0 Å². The van der Waals surface area contributed by atoms with Gasteiger partial charge in [-0.1, -0.05) is 30.3 Å². The third-order valence-corrected chi connectivity index (χ3v) is 4.58. The molecule has 4 aromatic rings. The molecule has 2 N–H and O–H groups in total. The molecule has 0 aliphatic rings. The Bertz CT molecular complexity index is 1020. The van der Waals surface area contributed by atoms with Gasteiger partial charge in [0.05, 0.1) is 0 Å². The topological polar surface area (TPSA) is 62.8 Å². The summed E-state index contributed by atoms with van der Waals surface area (Å²) >= 11 is 3.42. The van der Waals surface area contributed by atoms with Gasteiger partial charge in [0.15, 0.2) is 5.65 Å². The smallest absolute Gasteiger partial charge is 0.157 e. The predicted molar refractivity (Wildman–Crippen MR) is 111 cm³/mol. The van der Waals surface area contributed by atoms with E-state index in [-0.39, 0.29) is 0 Å². The molecule has 0 radical (unpaired) electrons. The Kier molecular flexibility index (Phi) is 5.46. The third kappa shape index (κ3) is 4.53. The summed E-state index contributed by atoms with van der Waals surface area (Å²) in [5.74, 6) is 1.64. The Morgan fingerprint density at radius 1 is 1.04 bits per heavy atom. The summed E-state index contributed by atoms with van der Waals surface area (Å²) in [7, 11) is 0. The fourth-order valence-electron chi connectivity index (χ4n) is 2.79. The highest BCUT2D eigenvalue weighted by Gasteiger charge is 2.07. The first-order chi connectivity index (χ1) is 13.3. The lowest BCUT2D eigenvalue weighted by Crippen LogP contribution is -2.20. The van der Waals surface area contributed by atoms with E-state index in [0.29, 0.717) is 6.61 Å². The first-order valence-corrected chi connectivity index (χ1v) is 9.56. The first-order valence-electron chi connectivity index (χ1n) is 8.77. The van der Waals surface area contributed by atoms with Crippen molar-refractivity contribution in [2.45, 2.75) is 6.54 Å². The average molecular weight is 423 g/mol. The minimum atomic E-state index is 0.620. The summed E-state index contributed by atoms with van der Waals surface area (Å²) in [4.78, 5) is 12.2. The van der Waals surface area contributed by atoms with Crippen molar-refractivity contribution in [3.63, 3.8) is 0 Å². The zero-order valence-corrected chi connectivity index (χ0v) is 16.2. The predicted octanol–water partition coefficient (Wildman–Crippen LogP) is 4.56. The van der Waals surface area contributed by atoms with E-state index in [9.17, 15) is 0 Å². The molecule has 4 rings (SSSR count). The van der Waals surface area contributed by atoms with Gasteiger partial charge in [0.25, 0.3) is 0 Å². The number of aromatic amines is 1. The minimum Gasteiger partial charge on any atom is -0.492 e. The van der Waals surface area contributed by atoms with Gasteiger partial charge in [-0.05, 0) is 51.8 Å². The molecule has 136 valence electrons. The summed E-state index contributed by atoms with van der Waals surface area (Å²) in [6, 6.07) is 20.2. The molecule has 0 unspecified atom stereocenters. The average Bonchev–Trinajstić information content (AvgIpc) is 3.12. The van der Waals surface area contributed by atoms with E-state index in [1.807, 2.05) is 48.5 Å². The quantitative estimate of drug-likeness (QED) is 0.428. The van der Waals surface area contributed by atoms with E-state index in [0.717, 1.165) is 45.9 Å². The van der Waals surface area contributed by atoms with Crippen molar-refractivity contribution in [3.8, 4) is 17.1 Å². The van der Waals surface area contributed by atoms with Gasteiger partial charge < -0.3 is 15.0 Å². The summed E-state index contributed by atoms with van der Waals surface area (Å²) in [5, 5.41) is 3.38. The highest BCUT2D eigenvalue weighted by atomic mass is 79.9. The van der Waals surface area contributed by atoms with Crippen molar-refractivity contribution in [1.82, 2.24) is 20.3 Å². The van der Waals surface area contributed by atoms with Gasteiger partial charge in [0.2, 0.25) is 0 Å². The second kappa shape index (κ2) is 8.33. The zero-order valence-electron chi connectivity index (χ0n) is 14.7. The van der Waals surface area contributed by atoms with Crippen LogP contribution in [0.15, 0.2) is 71.3 Å². The van der Waals surface area contributed by atoms with Gasteiger partial charge in [0, 0.05) is 29.3 Å². The van der Waals surface area contributed by atoms with Crippen LogP contribution in [-0.4, -0.2) is 28.1 Å². The molecule has 0 amide bonds. The van der Waals surface area contributed by atoms with Crippen molar-refractivity contribution in [2.75, 3.05) is 13.2 Å². The molecule has 2 aromatic carbocycles. The summed E-state index contributed by atoms with van der Waals surface area (Å²) in [5.41, 5.74) is 3.88. The number of aromatic nitrogens is 3. The van der Waals surface area contributed by atoms with Gasteiger partial charge in [-0.3, -0.25) is 0 Å². The maximum Gasteiger partial charge on any atom is 0.157 e. The highest BCUT2D eigenvalue weighted by molar-refractivity contribution is 9.10. The van der Waals surface area contributed by atoms with Crippen LogP contribution in [0.25, 0.3) is 22.6 Å². The molecular formula is C21H19BrN4O. The van der Waals surface area contributed by atoms with Crippen LogP contribution in [0.3, 0.4) is 0 Å². The molecule has 0 atom stereocenters. The van der Waals surface area contributed by atoms with E-state index in [1.54, 1.807) is 6.20 Å². The fourth-order valence-corrected chi connectivity index (χ4v) is 3.11. The van der Waals surface area contributed by atoms with E-state index < -0.39 is 0 Å². The zero-order chi connectivity index (χ0) is 18.5. The van der Waals surface area contributed by atoms with E-state index in [2.05, 4.69) is 48.3 Å². The summed E-state index contributed by atoms with van der Waals surface area (Å²) in [6.07, 6.45) is 1.76. The van der Waals surface area contributed by atoms with Gasteiger partial charge in [-0.15, -0.1) is 0 Å². The molecule has 0 aliphatic carbocycles. The summed E-state index contributed by atoms with van der Waals surface area (Å²) < 4.78 is 6.71. The lowest BCUT2D eigenvalue weighted by Gasteiger charge is -2.08. The highest BCUT2D eigenvalue weighted by Crippen LogP contribution is 2.23. The number of rotatable bonds is 7. The van der Waals surface area contributed by atoms with E-state index in [1.165, 1.54) is 5.56 Å². The molecule has 0 fully saturated rings. The molecule has 0 saturated heterocycles. The third-order valence-electron chi connectivity index (χ3n) is 4.15. The van der Waals surface area contributed by atoms with Gasteiger partial charge in [-0.25, -0.2) is 9.97 Å². The summed E-state index contributed by atoms with van der Waals surface area (Å²) in [6.45, 7) is 2.26. The standard InChI is InChI=1S/C21H19BrN4O/c22-17-12-19-21(24-14-17)26-20(25-19)16-6-8-18(9-7-16)27-11-10-23-13-15-4-2-1-3-5-15/h1-9,12,14,23H,10-11,13H2,(H,24,25,26). The molecule has 0 bridgehead atoms. The van der Waals surface area contributed by atoms with Crippen molar-refractivity contribution < 1.29 is 4.74 Å². The molecule has 0 spiro atoms. The van der Waals surface area contributed by atoms with E-state index in [4.69, 9.17) is 4.74 Å². The van der Waals surface area contributed by atoms with Crippen LogP contribution < -0.4 is 10.1 Å². The first kappa shape index (κ1) is 17.7. The van der Waals surface area contributed by atoms with Gasteiger partial charge >= 0.3 is 0 Å². The van der Waals surface area contributed by atoms with Crippen LogP contribution in [0.5, 0.6) is 5.75 Å². The molecule has 0 saturated carbocycles. The Hall–Kier alpha value is -2.70. The van der Waals surface area contributed by atoms with Crippen LogP contribution in [0.1, 0.15) is 5.56 Å². The second-order valence-electron chi connectivity index (χ2n) is 6.14. The maximum atomic E-state index is 5.80. The number of nitrogens with one attached hydrogen (secondary N) is 2. The second-order valence-corrected chi connectivity index (χ2v) is 7.06. The van der Waals surface area contributed by atoms with Crippen molar-refractivity contribution >= 4 is 27.1 Å². The lowest BCUT2D eigenvalue weighted by molar-refractivity contribution is 0.313. The van der Waals surface area contributed by atoms with E-state index >= 15 is 0 Å². The van der Waals surface area contributed by atoms with Crippen LogP contribution in [0.2, 0.25) is 0 Å². The molecular weight excluding hydrogens is 404 g/mol. The van der Waals surface area contributed by atoms with Crippen molar-refractivity contribution in [3.05, 3.63) is 76.9 Å². The number of hydrogen-bond donors (Lipinski definition) is 2. The van der Waals surface area contributed by atoms with Gasteiger partial charge in [0.1, 0.15) is 23.7 Å². The number of halogens is 1. The maximum absolute atomic E-state index is 5.80. The number of pyridine rings is 1. The Labute approximate surface area is 166 Å². The van der Waals surface area contributed by atoms with Crippen molar-refractivity contribution in [2.24, 2.45) is 0 Å². The number of hydrogen-bond acceptors (Lipinski definition) is 4. The molecule has 0 aliphatic heterocycles. The number of ether oxygens (including phenoxy) is 1. The Morgan fingerprint density at radius 3 is 2.67 bits per heavy atom. The lowest BCUT2D eigenvalue weighted by atomic mass is 10.2. The number of H-pyrrole nitrogens is 1. The number of fused-ring (bicyclic) bond motifs is 1. The SMILES string of the molecule is Brc1cnc2[nH]c(-c3ccc(OCCNCc4ccccc4)cc3)nc2c1. The molecule has 6 heteroatoms. The van der Waals surface area contributed by atoms with Crippen LogP contribution in [-0.2, 0) is 6.54 Å². The molecule has 2 aromatic heterocycles. The molecule has 5 nitrogen and oxygen atoms in total. The van der Waals surface area contributed by atoms with Crippen LogP contribution >= 0.6 is 15.9 Å². The Balaban J connectivity index is 1.30.